The number of esters is 1. The van der Waals surface area contributed by atoms with Crippen LogP contribution in [0.2, 0.25) is 0 Å². The van der Waals surface area contributed by atoms with E-state index in [-0.39, 0.29) is 25.0 Å². The number of rotatable bonds is 9. The first-order chi connectivity index (χ1) is 15.5. The van der Waals surface area contributed by atoms with Crippen LogP contribution >= 0.6 is 0 Å². The Hall–Kier alpha value is -4.25. The molecule has 11 nitrogen and oxygen atoms in total. The third kappa shape index (κ3) is 5.08. The quantitative estimate of drug-likeness (QED) is 0.257. The van der Waals surface area contributed by atoms with Crippen LogP contribution in [0.1, 0.15) is 23.0 Å². The van der Waals surface area contributed by atoms with Gasteiger partial charge in [0.1, 0.15) is 5.75 Å². The predicted octanol–water partition coefficient (Wildman–Crippen LogP) is 3.55. The van der Waals surface area contributed by atoms with E-state index in [0.717, 1.165) is 0 Å². The number of aliphatic hydroxyl groups is 1. The summed E-state index contributed by atoms with van der Waals surface area (Å²) in [5.41, 5.74) is 0.410. The largest absolute Gasteiger partial charge is 0.495 e. The van der Waals surface area contributed by atoms with Gasteiger partial charge in [-0.15, -0.1) is 0 Å². The molecule has 0 saturated heterocycles. The van der Waals surface area contributed by atoms with Gasteiger partial charge < -0.3 is 25.2 Å². The van der Waals surface area contributed by atoms with E-state index in [1.807, 2.05) is 0 Å². The molecule has 0 atom stereocenters. The maximum Gasteiger partial charge on any atom is 0.364 e. The summed E-state index contributed by atoms with van der Waals surface area (Å²) in [4.78, 5) is 31.8. The summed E-state index contributed by atoms with van der Waals surface area (Å²) < 4.78 is 10.2. The van der Waals surface area contributed by atoms with Crippen molar-refractivity contribution in [2.45, 2.75) is 13.5 Å². The first-order valence-corrected chi connectivity index (χ1v) is 9.57. The highest BCUT2D eigenvalue weighted by molar-refractivity contribution is 5.95. The Morgan fingerprint density at radius 1 is 1.16 bits per heavy atom. The number of ether oxygens (including phenoxy) is 2. The van der Waals surface area contributed by atoms with Crippen LogP contribution in [-0.4, -0.2) is 39.7 Å². The Bertz CT molecular complexity index is 1140. The lowest BCUT2D eigenvalue weighted by molar-refractivity contribution is -0.384. The smallest absolute Gasteiger partial charge is 0.364 e. The molecule has 0 aliphatic carbocycles. The van der Waals surface area contributed by atoms with Gasteiger partial charge in [-0.25, -0.2) is 4.79 Å². The van der Waals surface area contributed by atoms with Gasteiger partial charge >= 0.3 is 11.7 Å². The number of aromatic nitrogens is 2. The third-order valence-corrected chi connectivity index (χ3v) is 4.26. The standard InChI is InChI=1S/C21H21N5O6/c1-3-32-20(28)17-18(26(29)30)19(23-15-9-4-5-10-16(15)31-2)25-21(24-17)22-14-8-6-7-13(11-14)12-27/h4-11,27H,3,12H2,1-2H3,(H2,22,23,24,25). The summed E-state index contributed by atoms with van der Waals surface area (Å²) >= 11 is 0. The van der Waals surface area contributed by atoms with E-state index < -0.39 is 22.3 Å². The second kappa shape index (κ2) is 10.2. The summed E-state index contributed by atoms with van der Waals surface area (Å²) in [6, 6.07) is 13.5. The van der Waals surface area contributed by atoms with E-state index in [1.165, 1.54) is 7.11 Å². The second-order valence-electron chi connectivity index (χ2n) is 6.38. The number of nitro groups is 1. The molecule has 0 saturated carbocycles. The average Bonchev–Trinajstić information content (AvgIpc) is 2.79. The van der Waals surface area contributed by atoms with Crippen LogP contribution < -0.4 is 15.4 Å². The highest BCUT2D eigenvalue weighted by Gasteiger charge is 2.31. The fourth-order valence-electron chi connectivity index (χ4n) is 2.86. The zero-order valence-corrected chi connectivity index (χ0v) is 17.4. The van der Waals surface area contributed by atoms with Crippen molar-refractivity contribution in [1.29, 1.82) is 0 Å². The second-order valence-corrected chi connectivity index (χ2v) is 6.38. The van der Waals surface area contributed by atoms with E-state index >= 15 is 0 Å². The molecule has 11 heteroatoms. The molecule has 0 aliphatic heterocycles. The zero-order chi connectivity index (χ0) is 23.1. The lowest BCUT2D eigenvalue weighted by Crippen LogP contribution is -2.15. The van der Waals surface area contributed by atoms with E-state index in [1.54, 1.807) is 55.5 Å². The molecular formula is C21H21N5O6. The Kier molecular flexibility index (Phi) is 7.13. The van der Waals surface area contributed by atoms with Crippen LogP contribution in [0.5, 0.6) is 5.75 Å². The van der Waals surface area contributed by atoms with Crippen molar-refractivity contribution in [2.75, 3.05) is 24.4 Å². The molecule has 0 bridgehead atoms. The Balaban J connectivity index is 2.13. The Morgan fingerprint density at radius 2 is 1.94 bits per heavy atom. The van der Waals surface area contributed by atoms with Crippen LogP contribution in [0.15, 0.2) is 48.5 Å². The number of carbonyl (C=O) groups is 1. The number of nitrogens with zero attached hydrogens (tertiary/aromatic N) is 3. The van der Waals surface area contributed by atoms with Gasteiger partial charge in [0, 0.05) is 5.69 Å². The molecule has 0 unspecified atom stereocenters. The maximum atomic E-state index is 12.5. The first-order valence-electron chi connectivity index (χ1n) is 9.57. The molecule has 166 valence electrons. The van der Waals surface area contributed by atoms with Crippen molar-refractivity contribution in [2.24, 2.45) is 0 Å². The van der Waals surface area contributed by atoms with E-state index in [2.05, 4.69) is 20.6 Å². The number of carbonyl (C=O) groups excluding carboxylic acids is 1. The number of benzene rings is 2. The number of nitrogens with one attached hydrogen (secondary N) is 2. The number of methoxy groups -OCH3 is 1. The minimum atomic E-state index is -0.961. The molecule has 3 aromatic rings. The molecule has 32 heavy (non-hydrogen) atoms. The topological polar surface area (TPSA) is 149 Å². The van der Waals surface area contributed by atoms with Crippen molar-refractivity contribution in [1.82, 2.24) is 9.97 Å². The predicted molar refractivity (Wildman–Crippen MR) is 117 cm³/mol. The Morgan fingerprint density at radius 3 is 2.62 bits per heavy atom. The molecule has 3 rings (SSSR count). The fraction of sp³-hybridized carbons (Fsp3) is 0.190. The SMILES string of the molecule is CCOC(=O)c1nc(Nc2cccc(CO)c2)nc(Nc2ccccc2OC)c1[N+](=O)[O-]. The highest BCUT2D eigenvalue weighted by atomic mass is 16.6. The summed E-state index contributed by atoms with van der Waals surface area (Å²) in [5, 5.41) is 26.9. The lowest BCUT2D eigenvalue weighted by atomic mass is 10.2. The summed E-state index contributed by atoms with van der Waals surface area (Å²) in [6.45, 7) is 1.42. The number of hydrogen-bond donors (Lipinski definition) is 3. The average molecular weight is 439 g/mol. The van der Waals surface area contributed by atoms with Gasteiger partial charge in [-0.3, -0.25) is 10.1 Å². The van der Waals surface area contributed by atoms with Crippen molar-refractivity contribution in [3.63, 3.8) is 0 Å². The van der Waals surface area contributed by atoms with Crippen molar-refractivity contribution in [3.8, 4) is 5.75 Å². The van der Waals surface area contributed by atoms with Gasteiger partial charge in [-0.05, 0) is 36.8 Å². The molecule has 3 N–H and O–H groups in total. The third-order valence-electron chi connectivity index (χ3n) is 4.26. The molecule has 2 aromatic carbocycles. The molecule has 0 amide bonds. The van der Waals surface area contributed by atoms with Crippen LogP contribution in [0.4, 0.5) is 28.8 Å². The minimum Gasteiger partial charge on any atom is -0.495 e. The normalized spacial score (nSPS) is 10.3. The van der Waals surface area contributed by atoms with E-state index in [4.69, 9.17) is 9.47 Å². The van der Waals surface area contributed by atoms with Crippen molar-refractivity contribution < 1.29 is 24.3 Å². The van der Waals surface area contributed by atoms with Gasteiger partial charge in [0.05, 0.1) is 30.9 Å². The van der Waals surface area contributed by atoms with Gasteiger partial charge in [0.2, 0.25) is 17.5 Å². The fourth-order valence-corrected chi connectivity index (χ4v) is 2.86. The summed E-state index contributed by atoms with van der Waals surface area (Å²) in [6.07, 6.45) is 0. The molecule has 0 radical (unpaired) electrons. The number of hydrogen-bond acceptors (Lipinski definition) is 10. The molecule has 0 spiro atoms. The molecule has 0 aliphatic rings. The Labute approximate surface area is 183 Å². The van der Waals surface area contributed by atoms with Gasteiger partial charge in [0.15, 0.2) is 0 Å². The highest BCUT2D eigenvalue weighted by Crippen LogP contribution is 2.34. The zero-order valence-electron chi connectivity index (χ0n) is 17.4. The van der Waals surface area contributed by atoms with Gasteiger partial charge in [-0.1, -0.05) is 24.3 Å². The molecule has 1 heterocycles. The van der Waals surface area contributed by atoms with Crippen LogP contribution in [0.25, 0.3) is 0 Å². The molecule has 1 aromatic heterocycles. The van der Waals surface area contributed by atoms with Gasteiger partial charge in [0.25, 0.3) is 0 Å². The van der Waals surface area contributed by atoms with Crippen molar-refractivity contribution in [3.05, 3.63) is 69.9 Å². The van der Waals surface area contributed by atoms with Crippen LogP contribution in [-0.2, 0) is 11.3 Å². The monoisotopic (exact) mass is 439 g/mol. The number of para-hydroxylation sites is 2. The minimum absolute atomic E-state index is 0.0105. The molecular weight excluding hydrogens is 418 g/mol. The first kappa shape index (κ1) is 22.4. The van der Waals surface area contributed by atoms with E-state index in [9.17, 15) is 20.0 Å². The van der Waals surface area contributed by atoms with E-state index in [0.29, 0.717) is 22.7 Å². The molecule has 0 fully saturated rings. The lowest BCUT2D eigenvalue weighted by Gasteiger charge is -2.14. The van der Waals surface area contributed by atoms with Crippen LogP contribution in [0.3, 0.4) is 0 Å². The summed E-state index contributed by atoms with van der Waals surface area (Å²) in [5.74, 6) is -0.843. The van der Waals surface area contributed by atoms with Crippen LogP contribution in [0, 0.1) is 10.1 Å². The van der Waals surface area contributed by atoms with Gasteiger partial charge in [-0.2, -0.15) is 9.97 Å². The number of anilines is 4. The van der Waals surface area contributed by atoms with Crippen molar-refractivity contribution >= 4 is 34.8 Å². The maximum absolute atomic E-state index is 12.5. The number of aliphatic hydroxyl groups excluding tert-OH is 1. The summed E-state index contributed by atoms with van der Waals surface area (Å²) in [7, 11) is 1.46.